The number of nitro groups is 2. The predicted octanol–water partition coefficient (Wildman–Crippen LogP) is 6.66. The Labute approximate surface area is 220 Å². The fourth-order valence-corrected chi connectivity index (χ4v) is 3.80. The molecule has 0 fully saturated rings. The highest BCUT2D eigenvalue weighted by atomic mass is 16.6. The number of rotatable bonds is 12. The van der Waals surface area contributed by atoms with Gasteiger partial charge in [0.25, 0.3) is 11.4 Å². The number of para-hydroxylation sites is 2. The van der Waals surface area contributed by atoms with Gasteiger partial charge in [-0.25, -0.2) is 0 Å². The Morgan fingerprint density at radius 3 is 1.39 bits per heavy atom. The minimum Gasteiger partial charge on any atom is -0.493 e. The lowest BCUT2D eigenvalue weighted by Gasteiger charge is -2.12. The van der Waals surface area contributed by atoms with Crippen molar-refractivity contribution in [1.29, 1.82) is 0 Å². The van der Waals surface area contributed by atoms with Gasteiger partial charge in [0.15, 0.2) is 23.0 Å². The molecule has 3 aromatic carbocycles. The van der Waals surface area contributed by atoms with Gasteiger partial charge in [0, 0.05) is 11.1 Å². The molecule has 0 aliphatic rings. The van der Waals surface area contributed by atoms with Gasteiger partial charge in [-0.2, -0.15) is 0 Å². The molecule has 0 amide bonds. The maximum absolute atomic E-state index is 11.8. The highest BCUT2D eigenvalue weighted by molar-refractivity contribution is 5.83. The largest absolute Gasteiger partial charge is 0.493 e. The third kappa shape index (κ3) is 6.28. The summed E-state index contributed by atoms with van der Waals surface area (Å²) in [6, 6.07) is 12.9. The Hall–Kier alpha value is -4.86. The van der Waals surface area contributed by atoms with E-state index in [-0.39, 0.29) is 11.1 Å². The number of hydrogen-bond acceptors (Lipinski definition) is 8. The molecule has 0 N–H and O–H groups in total. The summed E-state index contributed by atoms with van der Waals surface area (Å²) in [4.78, 5) is 22.3. The van der Waals surface area contributed by atoms with E-state index in [1.54, 1.807) is 48.6 Å². The van der Waals surface area contributed by atoms with Gasteiger partial charge in [-0.05, 0) is 44.2 Å². The summed E-state index contributed by atoms with van der Waals surface area (Å²) in [7, 11) is 3.04. The van der Waals surface area contributed by atoms with E-state index in [1.165, 1.54) is 32.4 Å². The second-order valence-electron chi connectivity index (χ2n) is 7.77. The summed E-state index contributed by atoms with van der Waals surface area (Å²) in [5, 5.41) is 23.6. The minimum absolute atomic E-state index is 0.182. The Morgan fingerprint density at radius 1 is 0.658 bits per heavy atom. The van der Waals surface area contributed by atoms with Crippen molar-refractivity contribution in [3.8, 4) is 23.0 Å². The molecule has 198 valence electrons. The summed E-state index contributed by atoms with van der Waals surface area (Å²) >= 11 is 0. The van der Waals surface area contributed by atoms with Crippen LogP contribution in [0.5, 0.6) is 23.0 Å². The van der Waals surface area contributed by atoms with E-state index in [0.29, 0.717) is 47.3 Å². The maximum Gasteiger partial charge on any atom is 0.283 e. The first-order valence-electron chi connectivity index (χ1n) is 11.8. The number of ether oxygens (including phenoxy) is 4. The summed E-state index contributed by atoms with van der Waals surface area (Å²) in [6.07, 6.45) is 6.33. The average molecular weight is 521 g/mol. The van der Waals surface area contributed by atoms with E-state index in [2.05, 4.69) is 0 Å². The topological polar surface area (TPSA) is 123 Å². The quantitative estimate of drug-likeness (QED) is 0.148. The van der Waals surface area contributed by atoms with Crippen LogP contribution in [0, 0.1) is 20.2 Å². The van der Waals surface area contributed by atoms with Gasteiger partial charge in [-0.15, -0.1) is 0 Å². The highest BCUT2D eigenvalue weighted by Gasteiger charge is 2.22. The summed E-state index contributed by atoms with van der Waals surface area (Å²) in [5.74, 6) is 2.00. The normalized spacial score (nSPS) is 11.1. The molecule has 0 aliphatic heterocycles. The fourth-order valence-electron chi connectivity index (χ4n) is 3.80. The lowest BCUT2D eigenvalue weighted by molar-refractivity contribution is -0.394. The third-order valence-corrected chi connectivity index (χ3v) is 5.49. The van der Waals surface area contributed by atoms with Crippen molar-refractivity contribution < 1.29 is 28.8 Å². The van der Waals surface area contributed by atoms with Crippen LogP contribution in [0.1, 0.15) is 36.1 Å². The van der Waals surface area contributed by atoms with Crippen molar-refractivity contribution in [2.45, 2.75) is 13.8 Å². The van der Waals surface area contributed by atoms with Crippen LogP contribution in [0.25, 0.3) is 24.3 Å². The minimum atomic E-state index is -0.648. The molecule has 38 heavy (non-hydrogen) atoms. The van der Waals surface area contributed by atoms with Crippen LogP contribution < -0.4 is 18.9 Å². The second-order valence-corrected chi connectivity index (χ2v) is 7.77. The monoisotopic (exact) mass is 520 g/mol. The summed E-state index contributed by atoms with van der Waals surface area (Å²) < 4.78 is 22.1. The maximum atomic E-state index is 11.8. The standard InChI is InChI=1S/C28H28N2O8/c1-5-37-27-19(9-7-11-25(27)35-3)13-15-21-17-22(24(30(33)34)18-23(21)29(31)32)16-14-20-10-8-12-26(36-4)28(20)38-6-2/h7-18H,5-6H2,1-4H3/b15-13+,16-14+. The van der Waals surface area contributed by atoms with Gasteiger partial charge in [-0.1, -0.05) is 36.4 Å². The van der Waals surface area contributed by atoms with Crippen molar-refractivity contribution in [2.75, 3.05) is 27.4 Å². The Balaban J connectivity index is 2.14. The molecule has 0 unspecified atom stereocenters. The molecule has 0 radical (unpaired) electrons. The van der Waals surface area contributed by atoms with Crippen LogP contribution in [-0.4, -0.2) is 37.3 Å². The van der Waals surface area contributed by atoms with Crippen LogP contribution in [-0.2, 0) is 0 Å². The van der Waals surface area contributed by atoms with Crippen LogP contribution in [0.2, 0.25) is 0 Å². The fraction of sp³-hybridized carbons (Fsp3) is 0.214. The molecular weight excluding hydrogens is 492 g/mol. The molecule has 0 heterocycles. The third-order valence-electron chi connectivity index (χ3n) is 5.49. The number of methoxy groups -OCH3 is 2. The smallest absolute Gasteiger partial charge is 0.283 e. The molecule has 10 heteroatoms. The van der Waals surface area contributed by atoms with Crippen molar-refractivity contribution >= 4 is 35.7 Å². The highest BCUT2D eigenvalue weighted by Crippen LogP contribution is 2.36. The zero-order valence-corrected chi connectivity index (χ0v) is 21.5. The number of nitro benzene ring substituents is 2. The van der Waals surface area contributed by atoms with Crippen molar-refractivity contribution in [2.24, 2.45) is 0 Å². The first-order valence-corrected chi connectivity index (χ1v) is 11.8. The van der Waals surface area contributed by atoms with E-state index in [0.717, 1.165) is 6.07 Å². The van der Waals surface area contributed by atoms with Crippen molar-refractivity contribution in [3.63, 3.8) is 0 Å². The molecule has 3 rings (SSSR count). The Kier molecular flexibility index (Phi) is 9.42. The van der Waals surface area contributed by atoms with Crippen LogP contribution in [0.4, 0.5) is 11.4 Å². The van der Waals surface area contributed by atoms with Crippen LogP contribution in [0.3, 0.4) is 0 Å². The van der Waals surface area contributed by atoms with Gasteiger partial charge in [-0.3, -0.25) is 20.2 Å². The van der Waals surface area contributed by atoms with Gasteiger partial charge < -0.3 is 18.9 Å². The number of benzene rings is 3. The molecule has 0 aromatic heterocycles. The zero-order valence-electron chi connectivity index (χ0n) is 21.5. The predicted molar refractivity (Wildman–Crippen MR) is 146 cm³/mol. The molecule has 0 saturated heterocycles. The molecule has 0 bridgehead atoms. The lowest BCUT2D eigenvalue weighted by atomic mass is 10.0. The van der Waals surface area contributed by atoms with E-state index in [9.17, 15) is 20.2 Å². The van der Waals surface area contributed by atoms with Crippen molar-refractivity contribution in [1.82, 2.24) is 0 Å². The SMILES string of the molecule is CCOc1c(/C=C/c2cc(/C=C/c3cccc(OC)c3OCC)c([N+](=O)[O-])cc2[N+](=O)[O-])cccc1OC. The first-order chi connectivity index (χ1) is 18.3. The lowest BCUT2D eigenvalue weighted by Crippen LogP contribution is -1.99. The summed E-state index contributed by atoms with van der Waals surface area (Å²) in [6.45, 7) is 4.45. The van der Waals surface area contributed by atoms with Crippen LogP contribution >= 0.6 is 0 Å². The van der Waals surface area contributed by atoms with E-state index >= 15 is 0 Å². The molecule has 10 nitrogen and oxygen atoms in total. The second kappa shape index (κ2) is 12.9. The Bertz CT molecular complexity index is 1280. The summed E-state index contributed by atoms with van der Waals surface area (Å²) in [5.41, 5.74) is 0.828. The Morgan fingerprint density at radius 2 is 1.05 bits per heavy atom. The van der Waals surface area contributed by atoms with Gasteiger partial charge >= 0.3 is 0 Å². The van der Waals surface area contributed by atoms with E-state index in [4.69, 9.17) is 18.9 Å². The molecule has 0 spiro atoms. The van der Waals surface area contributed by atoms with E-state index in [1.807, 2.05) is 13.8 Å². The molecule has 0 aliphatic carbocycles. The van der Waals surface area contributed by atoms with Gasteiger partial charge in [0.05, 0.1) is 54.5 Å². The first kappa shape index (κ1) is 27.7. The van der Waals surface area contributed by atoms with Crippen molar-refractivity contribution in [3.05, 3.63) is 91.0 Å². The number of hydrogen-bond donors (Lipinski definition) is 0. The number of nitrogens with zero attached hydrogens (tertiary/aromatic N) is 2. The molecule has 0 atom stereocenters. The van der Waals surface area contributed by atoms with Gasteiger partial charge in [0.2, 0.25) is 0 Å². The molecule has 0 saturated carbocycles. The van der Waals surface area contributed by atoms with Crippen LogP contribution in [0.15, 0.2) is 48.5 Å². The molecular formula is C28H28N2O8. The van der Waals surface area contributed by atoms with E-state index < -0.39 is 21.2 Å². The zero-order chi connectivity index (χ0) is 27.7. The molecule has 3 aromatic rings. The van der Waals surface area contributed by atoms with Gasteiger partial charge in [0.1, 0.15) is 0 Å². The average Bonchev–Trinajstić information content (AvgIpc) is 2.91.